The molecule has 1 aromatic carbocycles. The largest absolute Gasteiger partial charge is 0.486 e. The minimum atomic E-state index is -0.821. The summed E-state index contributed by atoms with van der Waals surface area (Å²) in [6, 6.07) is 5.68. The van der Waals surface area contributed by atoms with Gasteiger partial charge in [-0.15, -0.1) is 0 Å². The fourth-order valence-corrected chi connectivity index (χ4v) is 3.18. The zero-order chi connectivity index (χ0) is 14.8. The Morgan fingerprint density at radius 1 is 1.38 bits per heavy atom. The molecular formula is C15H15NO4S. The van der Waals surface area contributed by atoms with Gasteiger partial charge in [-0.05, 0) is 30.0 Å². The normalized spacial score (nSPS) is 14.9. The third kappa shape index (κ3) is 2.76. The molecule has 5 nitrogen and oxygen atoms in total. The number of benzene rings is 1. The number of hydrogen-bond acceptors (Lipinski definition) is 5. The molecule has 0 aliphatic carbocycles. The zero-order valence-corrected chi connectivity index (χ0v) is 12.4. The number of aliphatic carboxylic acids is 1. The summed E-state index contributed by atoms with van der Waals surface area (Å²) in [4.78, 5) is 15.5. The lowest BCUT2D eigenvalue weighted by Gasteiger charge is -2.19. The summed E-state index contributed by atoms with van der Waals surface area (Å²) in [5, 5.41) is 11.3. The number of hydrogen-bond donors (Lipinski definition) is 1. The van der Waals surface area contributed by atoms with Crippen molar-refractivity contribution in [2.24, 2.45) is 0 Å². The third-order valence-corrected chi connectivity index (χ3v) is 4.66. The second-order valence-corrected chi connectivity index (χ2v) is 5.88. The van der Waals surface area contributed by atoms with E-state index < -0.39 is 11.2 Å². The van der Waals surface area contributed by atoms with Crippen LogP contribution in [0.15, 0.2) is 29.4 Å². The lowest BCUT2D eigenvalue weighted by Crippen LogP contribution is -2.16. The van der Waals surface area contributed by atoms with E-state index in [1.165, 1.54) is 11.8 Å². The van der Waals surface area contributed by atoms with Gasteiger partial charge in [0.1, 0.15) is 23.5 Å². The first-order valence-corrected chi connectivity index (χ1v) is 7.65. The maximum absolute atomic E-state index is 11.2. The fraction of sp³-hybridized carbons (Fsp3) is 0.333. The van der Waals surface area contributed by atoms with Gasteiger partial charge in [0, 0.05) is 11.6 Å². The zero-order valence-electron chi connectivity index (χ0n) is 11.5. The van der Waals surface area contributed by atoms with Crippen molar-refractivity contribution in [3.05, 3.63) is 24.4 Å². The molecule has 0 bridgehead atoms. The van der Waals surface area contributed by atoms with Crippen molar-refractivity contribution in [3.8, 4) is 11.5 Å². The van der Waals surface area contributed by atoms with Gasteiger partial charge < -0.3 is 14.6 Å². The number of ether oxygens (including phenoxy) is 2. The van der Waals surface area contributed by atoms with Crippen LogP contribution in [0.3, 0.4) is 0 Å². The van der Waals surface area contributed by atoms with E-state index in [0.29, 0.717) is 30.4 Å². The number of carbonyl (C=O) groups is 1. The SMILES string of the molecule is CCC(Sc1nccc2cc3c(cc12)OCCO3)C(=O)O. The molecule has 1 unspecified atom stereocenters. The van der Waals surface area contributed by atoms with Crippen LogP contribution in [-0.2, 0) is 4.79 Å². The monoisotopic (exact) mass is 305 g/mol. The van der Waals surface area contributed by atoms with E-state index in [1.807, 2.05) is 25.1 Å². The summed E-state index contributed by atoms with van der Waals surface area (Å²) in [5.41, 5.74) is 0. The van der Waals surface area contributed by atoms with Crippen LogP contribution in [0.25, 0.3) is 10.8 Å². The van der Waals surface area contributed by atoms with Crippen LogP contribution in [0.4, 0.5) is 0 Å². The molecule has 1 N–H and O–H groups in total. The second-order valence-electron chi connectivity index (χ2n) is 4.69. The molecule has 0 fully saturated rings. The lowest BCUT2D eigenvalue weighted by molar-refractivity contribution is -0.136. The molecule has 110 valence electrons. The van der Waals surface area contributed by atoms with Crippen LogP contribution in [0.1, 0.15) is 13.3 Å². The number of aromatic nitrogens is 1. The quantitative estimate of drug-likeness (QED) is 0.876. The van der Waals surface area contributed by atoms with Crippen molar-refractivity contribution in [2.75, 3.05) is 13.2 Å². The predicted octanol–water partition coefficient (Wildman–Crippen LogP) is 2.96. The van der Waals surface area contributed by atoms with Gasteiger partial charge in [-0.1, -0.05) is 18.7 Å². The Morgan fingerprint density at radius 3 is 2.76 bits per heavy atom. The van der Waals surface area contributed by atoms with Gasteiger partial charge in [-0.3, -0.25) is 4.79 Å². The number of thioether (sulfide) groups is 1. The van der Waals surface area contributed by atoms with Gasteiger partial charge in [0.15, 0.2) is 11.5 Å². The number of fused-ring (bicyclic) bond motifs is 2. The molecule has 2 aromatic rings. The fourth-order valence-electron chi connectivity index (χ4n) is 2.22. The van der Waals surface area contributed by atoms with Gasteiger partial charge in [0.2, 0.25) is 0 Å². The summed E-state index contributed by atoms with van der Waals surface area (Å²) >= 11 is 1.27. The molecule has 1 atom stereocenters. The van der Waals surface area contributed by atoms with Gasteiger partial charge >= 0.3 is 5.97 Å². The van der Waals surface area contributed by atoms with Crippen molar-refractivity contribution in [1.29, 1.82) is 0 Å². The van der Waals surface area contributed by atoms with E-state index in [0.717, 1.165) is 16.5 Å². The van der Waals surface area contributed by atoms with E-state index in [4.69, 9.17) is 9.47 Å². The maximum atomic E-state index is 11.2. The predicted molar refractivity (Wildman–Crippen MR) is 80.3 cm³/mol. The minimum Gasteiger partial charge on any atom is -0.486 e. The maximum Gasteiger partial charge on any atom is 0.317 e. The number of carboxylic acid groups (broad SMARTS) is 1. The number of nitrogens with zero attached hydrogens (tertiary/aromatic N) is 1. The van der Waals surface area contributed by atoms with Crippen molar-refractivity contribution < 1.29 is 19.4 Å². The first-order chi connectivity index (χ1) is 10.2. The molecular weight excluding hydrogens is 290 g/mol. The van der Waals surface area contributed by atoms with Crippen molar-refractivity contribution in [2.45, 2.75) is 23.6 Å². The molecule has 2 heterocycles. The highest BCUT2D eigenvalue weighted by molar-refractivity contribution is 8.00. The molecule has 0 saturated heterocycles. The Labute approximate surface area is 126 Å². The van der Waals surface area contributed by atoms with Gasteiger partial charge in [-0.2, -0.15) is 0 Å². The Hall–Kier alpha value is -1.95. The minimum absolute atomic E-state index is 0.503. The Balaban J connectivity index is 2.04. The lowest BCUT2D eigenvalue weighted by atomic mass is 10.1. The molecule has 0 radical (unpaired) electrons. The van der Waals surface area contributed by atoms with Crippen LogP contribution in [0.2, 0.25) is 0 Å². The molecule has 3 rings (SSSR count). The first kappa shape index (κ1) is 14.0. The van der Waals surface area contributed by atoms with Gasteiger partial charge in [0.05, 0.1) is 0 Å². The Bertz CT molecular complexity index is 689. The number of carboxylic acids is 1. The number of pyridine rings is 1. The topological polar surface area (TPSA) is 68.7 Å². The van der Waals surface area contributed by atoms with Crippen molar-refractivity contribution in [3.63, 3.8) is 0 Å². The molecule has 0 saturated carbocycles. The van der Waals surface area contributed by atoms with Gasteiger partial charge in [0.25, 0.3) is 0 Å². The summed E-state index contributed by atoms with van der Waals surface area (Å²) < 4.78 is 11.2. The van der Waals surface area contributed by atoms with Crippen LogP contribution in [-0.4, -0.2) is 34.5 Å². The average Bonchev–Trinajstić information content (AvgIpc) is 2.50. The highest BCUT2D eigenvalue weighted by Gasteiger charge is 2.20. The molecule has 0 amide bonds. The van der Waals surface area contributed by atoms with Gasteiger partial charge in [-0.25, -0.2) is 4.98 Å². The Morgan fingerprint density at radius 2 is 2.10 bits per heavy atom. The van der Waals surface area contributed by atoms with E-state index >= 15 is 0 Å². The van der Waals surface area contributed by atoms with Crippen LogP contribution < -0.4 is 9.47 Å². The van der Waals surface area contributed by atoms with Crippen LogP contribution >= 0.6 is 11.8 Å². The molecule has 1 aliphatic heterocycles. The highest BCUT2D eigenvalue weighted by Crippen LogP contribution is 2.38. The Kier molecular flexibility index (Phi) is 3.88. The highest BCUT2D eigenvalue weighted by atomic mass is 32.2. The molecule has 0 spiro atoms. The van der Waals surface area contributed by atoms with E-state index in [2.05, 4.69) is 4.98 Å². The summed E-state index contributed by atoms with van der Waals surface area (Å²) in [6.45, 7) is 2.92. The smallest absolute Gasteiger partial charge is 0.317 e. The summed E-state index contributed by atoms with van der Waals surface area (Å²) in [7, 11) is 0. The van der Waals surface area contributed by atoms with Crippen molar-refractivity contribution >= 4 is 28.5 Å². The van der Waals surface area contributed by atoms with E-state index in [-0.39, 0.29) is 0 Å². The molecule has 21 heavy (non-hydrogen) atoms. The average molecular weight is 305 g/mol. The number of rotatable bonds is 4. The second kappa shape index (κ2) is 5.81. The standard InChI is InChI=1S/C15H15NO4S/c1-2-13(15(17)18)21-14-10-8-12-11(19-5-6-20-12)7-9(10)3-4-16-14/h3-4,7-8,13H,2,5-6H2,1H3,(H,17,18). The first-order valence-electron chi connectivity index (χ1n) is 6.77. The molecule has 1 aromatic heterocycles. The third-order valence-electron chi connectivity index (χ3n) is 3.29. The summed E-state index contributed by atoms with van der Waals surface area (Å²) in [5.74, 6) is 0.590. The van der Waals surface area contributed by atoms with Crippen LogP contribution in [0, 0.1) is 0 Å². The molecule has 6 heteroatoms. The summed E-state index contributed by atoms with van der Waals surface area (Å²) in [6.07, 6.45) is 2.23. The molecule has 1 aliphatic rings. The van der Waals surface area contributed by atoms with E-state index in [9.17, 15) is 9.90 Å². The van der Waals surface area contributed by atoms with Crippen molar-refractivity contribution in [1.82, 2.24) is 4.98 Å². The van der Waals surface area contributed by atoms with Crippen LogP contribution in [0.5, 0.6) is 11.5 Å². The van der Waals surface area contributed by atoms with E-state index in [1.54, 1.807) is 6.20 Å².